The lowest BCUT2D eigenvalue weighted by molar-refractivity contribution is 0.396. The molecule has 2 aromatic rings. The Kier molecular flexibility index (Phi) is 6.59. The van der Waals surface area contributed by atoms with Crippen molar-refractivity contribution in [3.63, 3.8) is 0 Å². The van der Waals surface area contributed by atoms with Crippen molar-refractivity contribution in [2.75, 3.05) is 7.11 Å². The van der Waals surface area contributed by atoms with Crippen molar-refractivity contribution in [3.8, 4) is 11.5 Å². The third-order valence-corrected chi connectivity index (χ3v) is 6.31. The van der Waals surface area contributed by atoms with Crippen LogP contribution in [0.1, 0.15) is 63.8 Å². The zero-order valence-electron chi connectivity index (χ0n) is 18.1. The highest BCUT2D eigenvalue weighted by molar-refractivity contribution is 7.99. The Bertz CT molecular complexity index is 760. The Morgan fingerprint density at radius 3 is 1.52 bits per heavy atom. The first-order chi connectivity index (χ1) is 12.4. The van der Waals surface area contributed by atoms with Crippen molar-refractivity contribution in [2.45, 2.75) is 76.0 Å². The summed E-state index contributed by atoms with van der Waals surface area (Å²) in [6.07, 6.45) is 0. The molecule has 0 heterocycles. The quantitative estimate of drug-likeness (QED) is 0.501. The number of hydrogen-bond acceptors (Lipinski definition) is 3. The maximum Gasteiger partial charge on any atom is 0.126 e. The lowest BCUT2D eigenvalue weighted by atomic mass is 9.86. The van der Waals surface area contributed by atoms with E-state index in [1.165, 1.54) is 32.0 Å². The fourth-order valence-electron chi connectivity index (χ4n) is 3.10. The molecule has 27 heavy (non-hydrogen) atoms. The molecule has 0 amide bonds. The lowest BCUT2D eigenvalue weighted by Gasteiger charge is -2.25. The molecular weight excluding hydrogens is 371 g/mol. The van der Waals surface area contributed by atoms with E-state index in [4.69, 9.17) is 9.26 Å². The van der Waals surface area contributed by atoms with E-state index >= 15 is 0 Å². The van der Waals surface area contributed by atoms with Gasteiger partial charge in [-0.25, -0.2) is 0 Å². The number of hydrogen-bond donors (Lipinski definition) is 0. The van der Waals surface area contributed by atoms with E-state index in [1.54, 1.807) is 7.11 Å². The van der Waals surface area contributed by atoms with E-state index in [0.717, 1.165) is 11.5 Å². The van der Waals surface area contributed by atoms with Crippen molar-refractivity contribution in [3.05, 3.63) is 46.5 Å². The smallest absolute Gasteiger partial charge is 0.126 e. The van der Waals surface area contributed by atoms with Crippen LogP contribution in [0.25, 0.3) is 0 Å². The highest BCUT2D eigenvalue weighted by Gasteiger charge is 2.23. The van der Waals surface area contributed by atoms with Crippen LogP contribution in [0.5, 0.6) is 11.5 Å². The normalized spacial score (nSPS) is 12.2. The summed E-state index contributed by atoms with van der Waals surface area (Å²) in [7, 11) is 4.13. The van der Waals surface area contributed by atoms with Crippen LogP contribution in [-0.2, 0) is 10.8 Å². The Morgan fingerprint density at radius 1 is 0.741 bits per heavy atom. The molecule has 1 atom stereocenters. The third kappa shape index (κ3) is 5.00. The van der Waals surface area contributed by atoms with Gasteiger partial charge in [0.2, 0.25) is 0 Å². The predicted molar refractivity (Wildman–Crippen MR) is 121 cm³/mol. The van der Waals surface area contributed by atoms with E-state index < -0.39 is 0 Å². The maximum atomic E-state index is 5.65. The Morgan fingerprint density at radius 2 is 1.15 bits per heavy atom. The summed E-state index contributed by atoms with van der Waals surface area (Å²) < 4.78 is 11.2. The molecule has 0 saturated carbocycles. The van der Waals surface area contributed by atoms with E-state index in [9.17, 15) is 0 Å². The molecule has 2 rings (SSSR count). The summed E-state index contributed by atoms with van der Waals surface area (Å²) in [4.78, 5) is 2.53. The minimum Gasteiger partial charge on any atom is -0.496 e. The highest BCUT2D eigenvalue weighted by atomic mass is 32.2. The van der Waals surface area contributed by atoms with Crippen LogP contribution in [0.2, 0.25) is 0 Å². The first kappa shape index (κ1) is 22.1. The predicted octanol–water partition coefficient (Wildman–Crippen LogP) is 7.23. The molecule has 2 nitrogen and oxygen atoms in total. The second-order valence-corrected chi connectivity index (χ2v) is 10.5. The number of aryl methyl sites for hydroxylation is 2. The molecule has 148 valence electrons. The maximum absolute atomic E-state index is 5.65. The zero-order chi connectivity index (χ0) is 20.6. The lowest BCUT2D eigenvalue weighted by Crippen LogP contribution is -2.13. The largest absolute Gasteiger partial charge is 0.496 e. The van der Waals surface area contributed by atoms with Gasteiger partial charge in [-0.3, -0.25) is 0 Å². The summed E-state index contributed by atoms with van der Waals surface area (Å²) in [5, 5.41) is 0. The highest BCUT2D eigenvalue weighted by Crippen LogP contribution is 2.43. The Balaban J connectivity index is 2.57. The molecule has 0 N–H and O–H groups in total. The molecule has 0 aliphatic carbocycles. The number of methoxy groups -OCH3 is 1. The fourth-order valence-corrected chi connectivity index (χ4v) is 4.33. The fraction of sp³-hybridized carbons (Fsp3) is 0.478. The third-order valence-electron chi connectivity index (χ3n) is 4.74. The van der Waals surface area contributed by atoms with Crippen molar-refractivity contribution < 1.29 is 9.26 Å². The summed E-state index contributed by atoms with van der Waals surface area (Å²) in [5.74, 6) is 1.89. The van der Waals surface area contributed by atoms with Crippen LogP contribution in [0.3, 0.4) is 0 Å². The van der Waals surface area contributed by atoms with Gasteiger partial charge < -0.3 is 9.26 Å². The Labute approximate surface area is 171 Å². The van der Waals surface area contributed by atoms with E-state index in [1.807, 2.05) is 11.8 Å². The second-order valence-electron chi connectivity index (χ2n) is 9.15. The molecule has 0 saturated heterocycles. The molecule has 0 spiro atoms. The zero-order valence-corrected chi connectivity index (χ0v) is 20.1. The van der Waals surface area contributed by atoms with Gasteiger partial charge in [0.05, 0.1) is 16.6 Å². The van der Waals surface area contributed by atoms with E-state index in [0.29, 0.717) is 0 Å². The van der Waals surface area contributed by atoms with Crippen LogP contribution in [0, 0.1) is 13.8 Å². The van der Waals surface area contributed by atoms with Gasteiger partial charge in [-0.1, -0.05) is 53.3 Å². The standard InChI is InChI=1S/C23H33O2PS/c1-14-10-18(24-9)16(22(3,4)5)12-20(14)27-21-13-17(23(6,7)8)19(25-26)11-15(21)2/h10-13H,26H2,1-9H3. The van der Waals surface area contributed by atoms with Gasteiger partial charge in [-0.2, -0.15) is 0 Å². The van der Waals surface area contributed by atoms with Crippen molar-refractivity contribution >= 4 is 21.2 Å². The molecule has 0 aliphatic heterocycles. The average Bonchev–Trinajstić information content (AvgIpc) is 2.55. The van der Waals surface area contributed by atoms with Crippen molar-refractivity contribution in [1.29, 1.82) is 0 Å². The van der Waals surface area contributed by atoms with Gasteiger partial charge in [0, 0.05) is 20.9 Å². The molecule has 0 aliphatic rings. The van der Waals surface area contributed by atoms with Crippen LogP contribution in [-0.4, -0.2) is 7.11 Å². The van der Waals surface area contributed by atoms with Gasteiger partial charge in [0.25, 0.3) is 0 Å². The monoisotopic (exact) mass is 404 g/mol. The molecule has 0 aromatic heterocycles. The molecular formula is C23H33O2PS. The van der Waals surface area contributed by atoms with Gasteiger partial charge in [0.1, 0.15) is 11.5 Å². The van der Waals surface area contributed by atoms with Gasteiger partial charge in [0.15, 0.2) is 0 Å². The van der Waals surface area contributed by atoms with Crippen molar-refractivity contribution in [1.82, 2.24) is 0 Å². The van der Waals surface area contributed by atoms with Crippen molar-refractivity contribution in [2.24, 2.45) is 0 Å². The van der Waals surface area contributed by atoms with Gasteiger partial charge in [-0.05, 0) is 60.1 Å². The molecule has 0 radical (unpaired) electrons. The molecule has 4 heteroatoms. The minimum absolute atomic E-state index is 0.0143. The van der Waals surface area contributed by atoms with Gasteiger partial charge >= 0.3 is 0 Å². The first-order valence-corrected chi connectivity index (χ1v) is 10.6. The van der Waals surface area contributed by atoms with Gasteiger partial charge in [-0.15, -0.1) is 0 Å². The molecule has 1 unspecified atom stereocenters. The SMILES string of the molecule is COc1cc(C)c(Sc2cc(C(C)(C)C)c(OP)cc2C)cc1C(C)(C)C. The topological polar surface area (TPSA) is 18.5 Å². The number of benzene rings is 2. The summed E-state index contributed by atoms with van der Waals surface area (Å²) in [6, 6.07) is 8.86. The molecule has 2 aromatic carbocycles. The average molecular weight is 405 g/mol. The molecule has 0 bridgehead atoms. The van der Waals surface area contributed by atoms with Crippen LogP contribution < -0.4 is 9.26 Å². The summed E-state index contributed by atoms with van der Waals surface area (Å²) >= 11 is 1.82. The van der Waals surface area contributed by atoms with Crippen LogP contribution >= 0.6 is 21.2 Å². The summed E-state index contributed by atoms with van der Waals surface area (Å²) in [6.45, 7) is 17.6. The first-order valence-electron chi connectivity index (χ1n) is 9.27. The second kappa shape index (κ2) is 8.05. The van der Waals surface area contributed by atoms with E-state index in [-0.39, 0.29) is 10.8 Å². The number of ether oxygens (including phenoxy) is 1. The van der Waals surface area contributed by atoms with Crippen LogP contribution in [0.4, 0.5) is 0 Å². The molecule has 0 fully saturated rings. The van der Waals surface area contributed by atoms with E-state index in [2.05, 4.69) is 89.1 Å². The number of rotatable bonds is 4. The summed E-state index contributed by atoms with van der Waals surface area (Å²) in [5.41, 5.74) is 4.94. The minimum atomic E-state index is 0.0143. The Hall–Kier alpha value is -1.18. The van der Waals surface area contributed by atoms with Crippen LogP contribution in [0.15, 0.2) is 34.1 Å².